The molecule has 0 aliphatic rings. The van der Waals surface area contributed by atoms with E-state index >= 15 is 0 Å². The molecule has 6 heteroatoms. The molecule has 0 aromatic heterocycles. The summed E-state index contributed by atoms with van der Waals surface area (Å²) in [5.74, 6) is -2.28. The Balaban J connectivity index is 3.08. The zero-order valence-corrected chi connectivity index (χ0v) is 8.49. The van der Waals surface area contributed by atoms with Gasteiger partial charge in [-0.05, 0) is 12.1 Å². The highest BCUT2D eigenvalue weighted by Crippen LogP contribution is 2.13. The van der Waals surface area contributed by atoms with Crippen molar-refractivity contribution in [1.82, 2.24) is 0 Å². The molecule has 5 nitrogen and oxygen atoms in total. The van der Waals surface area contributed by atoms with Crippen molar-refractivity contribution in [2.45, 2.75) is 4.90 Å². The van der Waals surface area contributed by atoms with Gasteiger partial charge in [0.2, 0.25) is 5.91 Å². The number of carbonyl (C=O) groups is 2. The predicted octanol–water partition coefficient (Wildman–Crippen LogP) is -0.0223. The predicted molar refractivity (Wildman–Crippen MR) is 53.9 cm³/mol. The first-order valence-corrected chi connectivity index (χ1v) is 5.33. The zero-order valence-electron chi connectivity index (χ0n) is 7.67. The van der Waals surface area contributed by atoms with Gasteiger partial charge in [-0.1, -0.05) is 12.1 Å². The maximum Gasteiger partial charge on any atom is 0.336 e. The number of primary amides is 1. The highest BCUT2D eigenvalue weighted by Gasteiger charge is 2.15. The Morgan fingerprint density at radius 2 is 1.93 bits per heavy atom. The second-order valence-electron chi connectivity index (χ2n) is 2.76. The summed E-state index contributed by atoms with van der Waals surface area (Å²) in [5.41, 5.74) is 4.81. The number of benzene rings is 1. The van der Waals surface area contributed by atoms with Gasteiger partial charge in [-0.2, -0.15) is 0 Å². The molecule has 0 saturated heterocycles. The van der Waals surface area contributed by atoms with Crippen LogP contribution < -0.4 is 5.73 Å². The fourth-order valence-electron chi connectivity index (χ4n) is 1.05. The molecular weight excluding hydrogens is 218 g/mol. The molecule has 1 atom stereocenters. The van der Waals surface area contributed by atoms with E-state index in [1.807, 2.05) is 0 Å². The van der Waals surface area contributed by atoms with Crippen molar-refractivity contribution in [2.75, 3.05) is 5.75 Å². The van der Waals surface area contributed by atoms with E-state index in [4.69, 9.17) is 10.8 Å². The summed E-state index contributed by atoms with van der Waals surface area (Å²) in [6.07, 6.45) is 0. The molecule has 1 aromatic carbocycles. The number of carboxylic acids is 1. The van der Waals surface area contributed by atoms with Crippen molar-refractivity contribution >= 4 is 22.7 Å². The van der Waals surface area contributed by atoms with E-state index in [9.17, 15) is 13.8 Å². The van der Waals surface area contributed by atoms with Gasteiger partial charge in [-0.25, -0.2) is 4.79 Å². The van der Waals surface area contributed by atoms with E-state index < -0.39 is 22.7 Å². The lowest BCUT2D eigenvalue weighted by molar-refractivity contribution is -0.115. The third kappa shape index (κ3) is 2.88. The molecule has 0 heterocycles. The summed E-state index contributed by atoms with van der Waals surface area (Å²) in [5, 5.41) is 8.80. The minimum atomic E-state index is -1.70. The molecule has 0 radical (unpaired) electrons. The molecule has 0 fully saturated rings. The molecular formula is C9H9NO4S. The number of rotatable bonds is 4. The number of amides is 1. The van der Waals surface area contributed by atoms with Crippen molar-refractivity contribution in [3.63, 3.8) is 0 Å². The number of aromatic carboxylic acids is 1. The Kier molecular flexibility index (Phi) is 3.56. The van der Waals surface area contributed by atoms with Gasteiger partial charge < -0.3 is 10.8 Å². The monoisotopic (exact) mass is 227 g/mol. The van der Waals surface area contributed by atoms with Crippen molar-refractivity contribution in [3.8, 4) is 0 Å². The van der Waals surface area contributed by atoms with Gasteiger partial charge in [-0.3, -0.25) is 9.00 Å². The van der Waals surface area contributed by atoms with E-state index in [2.05, 4.69) is 0 Å². The minimum absolute atomic E-state index is 0.0721. The molecule has 0 unspecified atom stereocenters. The van der Waals surface area contributed by atoms with Gasteiger partial charge in [0, 0.05) is 0 Å². The summed E-state index contributed by atoms with van der Waals surface area (Å²) in [4.78, 5) is 21.4. The molecule has 0 bridgehead atoms. The summed E-state index contributed by atoms with van der Waals surface area (Å²) < 4.78 is 11.5. The Bertz CT molecular complexity index is 430. The van der Waals surface area contributed by atoms with Gasteiger partial charge >= 0.3 is 5.97 Å². The first-order valence-electron chi connectivity index (χ1n) is 4.01. The minimum Gasteiger partial charge on any atom is -0.478 e. The molecule has 0 saturated carbocycles. The van der Waals surface area contributed by atoms with Gasteiger partial charge in [0.25, 0.3) is 0 Å². The van der Waals surface area contributed by atoms with Crippen molar-refractivity contribution in [3.05, 3.63) is 29.8 Å². The van der Waals surface area contributed by atoms with Gasteiger partial charge in [-0.15, -0.1) is 0 Å². The second-order valence-corrected chi connectivity index (χ2v) is 4.18. The van der Waals surface area contributed by atoms with Crippen LogP contribution in [0.1, 0.15) is 10.4 Å². The third-order valence-electron chi connectivity index (χ3n) is 1.64. The fraction of sp³-hybridized carbons (Fsp3) is 0.111. The zero-order chi connectivity index (χ0) is 11.4. The van der Waals surface area contributed by atoms with E-state index in [0.717, 1.165) is 0 Å². The highest BCUT2D eigenvalue weighted by molar-refractivity contribution is 7.85. The van der Waals surface area contributed by atoms with E-state index in [-0.39, 0.29) is 16.2 Å². The summed E-state index contributed by atoms with van der Waals surface area (Å²) >= 11 is 0. The molecule has 0 spiro atoms. The Labute approximate surface area is 88.4 Å². The van der Waals surface area contributed by atoms with Crippen LogP contribution >= 0.6 is 0 Å². The van der Waals surface area contributed by atoms with E-state index in [1.165, 1.54) is 18.2 Å². The summed E-state index contributed by atoms with van der Waals surface area (Å²) in [6, 6.07) is 5.81. The quantitative estimate of drug-likeness (QED) is 0.755. The molecule has 0 aliphatic heterocycles. The average molecular weight is 227 g/mol. The smallest absolute Gasteiger partial charge is 0.336 e. The van der Waals surface area contributed by atoms with Crippen molar-refractivity contribution in [1.29, 1.82) is 0 Å². The van der Waals surface area contributed by atoms with Crippen LogP contribution in [0.5, 0.6) is 0 Å². The van der Waals surface area contributed by atoms with Crippen LogP contribution in [0.2, 0.25) is 0 Å². The van der Waals surface area contributed by atoms with E-state index in [0.29, 0.717) is 0 Å². The molecule has 0 aliphatic carbocycles. The molecule has 1 rings (SSSR count). The number of nitrogens with two attached hydrogens (primary N) is 1. The molecule has 80 valence electrons. The van der Waals surface area contributed by atoms with Crippen LogP contribution in [0.15, 0.2) is 29.2 Å². The first-order chi connectivity index (χ1) is 7.02. The normalized spacial score (nSPS) is 12.0. The third-order valence-corrected chi connectivity index (χ3v) is 3.03. The van der Waals surface area contributed by atoms with Gasteiger partial charge in [0.05, 0.1) is 21.3 Å². The Hall–Kier alpha value is -1.69. The van der Waals surface area contributed by atoms with Crippen LogP contribution in [0.4, 0.5) is 0 Å². The number of carboxylic acid groups (broad SMARTS) is 1. The standard InChI is InChI=1S/C9H9NO4S/c10-8(11)5-15(14)7-4-2-1-3-6(7)9(12)13/h1-4H,5H2,(H2,10,11)(H,12,13)/t15-/m1/s1. The van der Waals surface area contributed by atoms with Gasteiger partial charge in [0.15, 0.2) is 0 Å². The molecule has 1 aromatic rings. The van der Waals surface area contributed by atoms with Crippen LogP contribution in [0.25, 0.3) is 0 Å². The molecule has 15 heavy (non-hydrogen) atoms. The van der Waals surface area contributed by atoms with Crippen LogP contribution in [-0.2, 0) is 15.6 Å². The maximum atomic E-state index is 11.5. The maximum absolute atomic E-state index is 11.5. The number of hydrogen-bond acceptors (Lipinski definition) is 3. The van der Waals surface area contributed by atoms with Crippen LogP contribution in [0, 0.1) is 0 Å². The number of hydrogen-bond donors (Lipinski definition) is 2. The molecule has 3 N–H and O–H groups in total. The summed E-state index contributed by atoms with van der Waals surface area (Å²) in [7, 11) is -1.70. The largest absolute Gasteiger partial charge is 0.478 e. The highest BCUT2D eigenvalue weighted by atomic mass is 32.2. The lowest BCUT2D eigenvalue weighted by Crippen LogP contribution is -2.20. The first kappa shape index (κ1) is 11.4. The van der Waals surface area contributed by atoms with Gasteiger partial charge in [0.1, 0.15) is 5.75 Å². The van der Waals surface area contributed by atoms with Crippen LogP contribution in [0.3, 0.4) is 0 Å². The summed E-state index contributed by atoms with van der Waals surface area (Å²) in [6.45, 7) is 0. The van der Waals surface area contributed by atoms with E-state index in [1.54, 1.807) is 6.07 Å². The Morgan fingerprint density at radius 3 is 2.47 bits per heavy atom. The van der Waals surface area contributed by atoms with Crippen molar-refractivity contribution < 1.29 is 18.9 Å². The topological polar surface area (TPSA) is 97.5 Å². The van der Waals surface area contributed by atoms with Crippen LogP contribution in [-0.4, -0.2) is 26.9 Å². The second kappa shape index (κ2) is 4.70. The SMILES string of the molecule is NC(=O)C[S@@](=O)c1ccccc1C(=O)O. The molecule has 1 amide bonds. The lowest BCUT2D eigenvalue weighted by Gasteiger charge is -2.03. The van der Waals surface area contributed by atoms with Crippen molar-refractivity contribution in [2.24, 2.45) is 5.73 Å². The average Bonchev–Trinajstić information content (AvgIpc) is 2.16. The fourth-order valence-corrected chi connectivity index (χ4v) is 2.09. The Morgan fingerprint density at radius 1 is 1.33 bits per heavy atom. The number of carbonyl (C=O) groups excluding carboxylic acids is 1. The lowest BCUT2D eigenvalue weighted by atomic mass is 10.2.